The van der Waals surface area contributed by atoms with Gasteiger partial charge in [-0.3, -0.25) is 10.2 Å². The minimum Gasteiger partial charge on any atom is -0.302 e. The molecule has 4 heteroatoms. The second-order valence-electron chi connectivity index (χ2n) is 5.45. The normalized spacial score (nSPS) is 19.1. The molecular formula is C16H15FN2O. The number of amides is 1. The summed E-state index contributed by atoms with van der Waals surface area (Å²) in [6.07, 6.45) is 1.82. The number of fused-ring (bicyclic) bond motifs is 1. The van der Waals surface area contributed by atoms with Gasteiger partial charge in [0, 0.05) is 11.1 Å². The summed E-state index contributed by atoms with van der Waals surface area (Å²) < 4.78 is 14.1. The van der Waals surface area contributed by atoms with Crippen molar-refractivity contribution in [2.24, 2.45) is 5.41 Å². The van der Waals surface area contributed by atoms with Gasteiger partial charge >= 0.3 is 0 Å². The summed E-state index contributed by atoms with van der Waals surface area (Å²) in [5.41, 5.74) is 6.31. The molecule has 2 aromatic carbocycles. The Balaban J connectivity index is 2.19. The molecule has 1 saturated heterocycles. The van der Waals surface area contributed by atoms with Gasteiger partial charge in [0.2, 0.25) is 5.91 Å². The first kappa shape index (κ1) is 12.7. The molecule has 102 valence electrons. The molecule has 0 saturated carbocycles. The van der Waals surface area contributed by atoms with E-state index in [0.717, 1.165) is 16.6 Å². The van der Waals surface area contributed by atoms with Crippen LogP contribution >= 0.6 is 0 Å². The molecule has 1 amide bonds. The van der Waals surface area contributed by atoms with Crippen LogP contribution in [-0.4, -0.2) is 5.91 Å². The van der Waals surface area contributed by atoms with Crippen molar-refractivity contribution >= 4 is 22.8 Å². The van der Waals surface area contributed by atoms with Gasteiger partial charge in [0.25, 0.3) is 0 Å². The Kier molecular flexibility index (Phi) is 2.74. The predicted molar refractivity (Wildman–Crippen MR) is 76.9 cm³/mol. The summed E-state index contributed by atoms with van der Waals surface area (Å²) in [6, 6.07) is 10.6. The lowest BCUT2D eigenvalue weighted by molar-refractivity contribution is -0.125. The van der Waals surface area contributed by atoms with Gasteiger partial charge in [-0.25, -0.2) is 4.39 Å². The van der Waals surface area contributed by atoms with Crippen molar-refractivity contribution in [2.75, 3.05) is 0 Å². The zero-order chi connectivity index (χ0) is 14.3. The Morgan fingerprint density at radius 2 is 1.80 bits per heavy atom. The molecule has 3 rings (SSSR count). The maximum atomic E-state index is 14.1. The van der Waals surface area contributed by atoms with E-state index in [2.05, 4.69) is 10.9 Å². The molecule has 1 aliphatic heterocycles. The molecule has 0 aromatic heterocycles. The SMILES string of the molecule is CC1(C)C(=O)NN/C1=C\c1cccc2cccc(F)c12. The van der Waals surface area contributed by atoms with E-state index in [1.54, 1.807) is 6.07 Å². The number of hydrazine groups is 1. The maximum Gasteiger partial charge on any atom is 0.249 e. The molecule has 20 heavy (non-hydrogen) atoms. The zero-order valence-corrected chi connectivity index (χ0v) is 11.3. The van der Waals surface area contributed by atoms with Crippen LogP contribution in [0.5, 0.6) is 0 Å². The largest absolute Gasteiger partial charge is 0.302 e. The smallest absolute Gasteiger partial charge is 0.249 e. The summed E-state index contributed by atoms with van der Waals surface area (Å²) in [5, 5.41) is 1.41. The first-order valence-electron chi connectivity index (χ1n) is 6.46. The van der Waals surface area contributed by atoms with Gasteiger partial charge in [-0.15, -0.1) is 0 Å². The molecule has 0 unspecified atom stereocenters. The highest BCUT2D eigenvalue weighted by atomic mass is 19.1. The average Bonchev–Trinajstić information content (AvgIpc) is 2.66. The highest BCUT2D eigenvalue weighted by Crippen LogP contribution is 2.31. The maximum absolute atomic E-state index is 14.1. The number of hydrogen-bond donors (Lipinski definition) is 2. The number of benzene rings is 2. The van der Waals surface area contributed by atoms with Crippen LogP contribution in [0, 0.1) is 11.2 Å². The third-order valence-electron chi connectivity index (χ3n) is 3.74. The number of halogens is 1. The van der Waals surface area contributed by atoms with Crippen LogP contribution in [-0.2, 0) is 4.79 Å². The monoisotopic (exact) mass is 270 g/mol. The molecule has 0 bridgehead atoms. The quantitative estimate of drug-likeness (QED) is 0.836. The predicted octanol–water partition coefficient (Wildman–Crippen LogP) is 2.98. The van der Waals surface area contributed by atoms with Crippen LogP contribution in [0.1, 0.15) is 19.4 Å². The standard InChI is InChI=1S/C16H15FN2O/c1-16(2)13(18-19-15(16)20)9-11-7-3-5-10-6-4-8-12(17)14(10)11/h3-9,18H,1-2H3,(H,19,20)/b13-9-. The van der Waals surface area contributed by atoms with Gasteiger partial charge in [-0.2, -0.15) is 0 Å². The van der Waals surface area contributed by atoms with Crippen LogP contribution in [0.3, 0.4) is 0 Å². The fourth-order valence-electron chi connectivity index (χ4n) is 2.37. The molecule has 2 N–H and O–H groups in total. The Bertz CT molecular complexity index is 729. The van der Waals surface area contributed by atoms with E-state index < -0.39 is 5.41 Å². The number of nitrogens with one attached hydrogen (secondary N) is 2. The van der Waals surface area contributed by atoms with Crippen molar-refractivity contribution in [3.8, 4) is 0 Å². The lowest BCUT2D eigenvalue weighted by atomic mass is 9.88. The fraction of sp³-hybridized carbons (Fsp3) is 0.188. The average molecular weight is 270 g/mol. The number of hydrogen-bond acceptors (Lipinski definition) is 2. The Morgan fingerprint density at radius 3 is 2.45 bits per heavy atom. The lowest BCUT2D eigenvalue weighted by Crippen LogP contribution is -2.28. The zero-order valence-electron chi connectivity index (χ0n) is 11.3. The van der Waals surface area contributed by atoms with Crippen molar-refractivity contribution in [2.45, 2.75) is 13.8 Å². The number of carbonyl (C=O) groups is 1. The van der Waals surface area contributed by atoms with E-state index in [1.807, 2.05) is 44.2 Å². The Morgan fingerprint density at radius 1 is 1.10 bits per heavy atom. The summed E-state index contributed by atoms with van der Waals surface area (Å²) in [4.78, 5) is 11.7. The van der Waals surface area contributed by atoms with Gasteiger partial charge in [-0.1, -0.05) is 30.3 Å². The van der Waals surface area contributed by atoms with Gasteiger partial charge in [0.05, 0.1) is 5.41 Å². The van der Waals surface area contributed by atoms with E-state index in [-0.39, 0.29) is 11.7 Å². The Hall–Kier alpha value is -2.36. The first-order chi connectivity index (χ1) is 9.50. The topological polar surface area (TPSA) is 41.1 Å². The van der Waals surface area contributed by atoms with Gasteiger partial charge < -0.3 is 5.43 Å². The summed E-state index contributed by atoms with van der Waals surface area (Å²) in [5.74, 6) is -0.352. The summed E-state index contributed by atoms with van der Waals surface area (Å²) in [6.45, 7) is 3.66. The van der Waals surface area contributed by atoms with E-state index in [9.17, 15) is 9.18 Å². The van der Waals surface area contributed by atoms with Crippen LogP contribution in [0.4, 0.5) is 4.39 Å². The Labute approximate surface area is 116 Å². The minimum atomic E-state index is -0.645. The van der Waals surface area contributed by atoms with Gasteiger partial charge in [0.1, 0.15) is 5.82 Å². The van der Waals surface area contributed by atoms with E-state index in [4.69, 9.17) is 0 Å². The molecule has 1 heterocycles. The third kappa shape index (κ3) is 1.84. The number of carbonyl (C=O) groups excluding carboxylic acids is 1. The van der Waals surface area contributed by atoms with Crippen molar-refractivity contribution in [1.82, 2.24) is 10.9 Å². The molecule has 2 aromatic rings. The second-order valence-corrected chi connectivity index (χ2v) is 5.45. The van der Waals surface area contributed by atoms with Crippen LogP contribution < -0.4 is 10.9 Å². The molecule has 0 atom stereocenters. The van der Waals surface area contributed by atoms with Crippen LogP contribution in [0.15, 0.2) is 42.1 Å². The van der Waals surface area contributed by atoms with E-state index in [0.29, 0.717) is 5.39 Å². The molecule has 0 spiro atoms. The van der Waals surface area contributed by atoms with Gasteiger partial charge in [0.15, 0.2) is 0 Å². The molecule has 1 fully saturated rings. The molecule has 1 aliphatic rings. The van der Waals surface area contributed by atoms with Crippen LogP contribution in [0.2, 0.25) is 0 Å². The van der Waals surface area contributed by atoms with E-state index in [1.165, 1.54) is 6.07 Å². The van der Waals surface area contributed by atoms with E-state index >= 15 is 0 Å². The van der Waals surface area contributed by atoms with Crippen molar-refractivity contribution < 1.29 is 9.18 Å². The van der Waals surface area contributed by atoms with Crippen molar-refractivity contribution in [3.05, 3.63) is 53.5 Å². The molecular weight excluding hydrogens is 255 g/mol. The minimum absolute atomic E-state index is 0.0931. The summed E-state index contributed by atoms with van der Waals surface area (Å²) in [7, 11) is 0. The number of rotatable bonds is 1. The second kappa shape index (κ2) is 4.34. The van der Waals surface area contributed by atoms with Gasteiger partial charge in [-0.05, 0) is 36.9 Å². The highest BCUT2D eigenvalue weighted by molar-refractivity contribution is 5.94. The highest BCUT2D eigenvalue weighted by Gasteiger charge is 2.37. The van der Waals surface area contributed by atoms with Crippen LogP contribution in [0.25, 0.3) is 16.8 Å². The molecule has 0 aliphatic carbocycles. The fourth-order valence-corrected chi connectivity index (χ4v) is 2.37. The third-order valence-corrected chi connectivity index (χ3v) is 3.74. The molecule has 3 nitrogen and oxygen atoms in total. The first-order valence-corrected chi connectivity index (χ1v) is 6.46. The lowest BCUT2D eigenvalue weighted by Gasteiger charge is -2.15. The van der Waals surface area contributed by atoms with Crippen molar-refractivity contribution in [3.63, 3.8) is 0 Å². The summed E-state index contributed by atoms with van der Waals surface area (Å²) >= 11 is 0. The van der Waals surface area contributed by atoms with Crippen molar-refractivity contribution in [1.29, 1.82) is 0 Å². The molecule has 0 radical (unpaired) electrons.